The van der Waals surface area contributed by atoms with E-state index in [0.29, 0.717) is 10.6 Å². The molecule has 5 N–H and O–H groups in total. The zero-order valence-corrected chi connectivity index (χ0v) is 28.1. The van der Waals surface area contributed by atoms with Gasteiger partial charge in [0.2, 0.25) is 17.7 Å². The zero-order valence-electron chi connectivity index (χ0n) is 27.3. The van der Waals surface area contributed by atoms with Crippen molar-refractivity contribution in [1.29, 1.82) is 0 Å². The molecule has 0 bridgehead atoms. The number of pyridine rings is 1. The normalized spacial score (nSPS) is 14.7. The molecule has 3 amide bonds. The number of aromatic nitrogens is 2. The molecule has 0 spiro atoms. The predicted molar refractivity (Wildman–Crippen MR) is 176 cm³/mol. The van der Waals surface area contributed by atoms with Crippen molar-refractivity contribution in [3.63, 3.8) is 0 Å². The first-order valence-corrected chi connectivity index (χ1v) is 16.5. The third kappa shape index (κ3) is 11.9. The third-order valence-electron chi connectivity index (χ3n) is 7.95. The molecule has 0 saturated carbocycles. The van der Waals surface area contributed by atoms with E-state index < -0.39 is 79.0 Å². The minimum atomic E-state index is -5.09. The number of Topliss-reactive ketones (excluding diaryl/α,β-unsaturated/α-hetero) is 2. The fourth-order valence-corrected chi connectivity index (χ4v) is 5.87. The Morgan fingerprint density at radius 1 is 0.939 bits per heavy atom. The number of halogens is 3. The van der Waals surface area contributed by atoms with E-state index in [0.717, 1.165) is 5.56 Å². The summed E-state index contributed by atoms with van der Waals surface area (Å²) < 4.78 is 39.8. The van der Waals surface area contributed by atoms with Crippen molar-refractivity contribution in [1.82, 2.24) is 20.6 Å². The van der Waals surface area contributed by atoms with Gasteiger partial charge in [-0.3, -0.25) is 29.0 Å². The number of nitrogens with one attached hydrogen (secondary N) is 2. The number of aliphatic hydroxyl groups is 1. The van der Waals surface area contributed by atoms with E-state index in [1.807, 2.05) is 0 Å². The molecule has 2 heterocycles. The van der Waals surface area contributed by atoms with Gasteiger partial charge in [0.05, 0.1) is 12.1 Å². The van der Waals surface area contributed by atoms with Gasteiger partial charge >= 0.3 is 6.18 Å². The Bertz CT molecular complexity index is 1590. The molecule has 3 aromatic rings. The number of aliphatic hydroxyl groups excluding tert-OH is 1. The lowest BCUT2D eigenvalue weighted by molar-refractivity contribution is -0.213. The van der Waals surface area contributed by atoms with Crippen molar-refractivity contribution in [3.8, 4) is 10.6 Å². The van der Waals surface area contributed by atoms with E-state index in [1.54, 1.807) is 74.1 Å². The van der Waals surface area contributed by atoms with Gasteiger partial charge in [0.1, 0.15) is 10.7 Å². The van der Waals surface area contributed by atoms with Crippen LogP contribution in [0.3, 0.4) is 0 Å². The second-order valence-corrected chi connectivity index (χ2v) is 13.0. The summed E-state index contributed by atoms with van der Waals surface area (Å²) in [7, 11) is 0. The van der Waals surface area contributed by atoms with Crippen molar-refractivity contribution >= 4 is 40.6 Å². The molecule has 15 heteroatoms. The van der Waals surface area contributed by atoms with Crippen LogP contribution < -0.4 is 16.4 Å². The fraction of sp³-hybridized carbons (Fsp3) is 0.441. The van der Waals surface area contributed by atoms with Crippen LogP contribution in [0, 0.1) is 17.8 Å². The Hall–Kier alpha value is -4.50. The number of nitrogens with zero attached hydrogens (tertiary/aromatic N) is 2. The number of benzene rings is 1. The second-order valence-electron chi connectivity index (χ2n) is 12.2. The SMILES string of the molecule is CC(C)[C@H](CC(=O)c1csc(-c2ccncc2)n1)C(=O)N[C@@H](Cc1ccccc1)C(=O)C[C@@H](C)C(=O)NC(CCC(N)=O)C(O)C(F)(F)F. The first-order valence-electron chi connectivity index (χ1n) is 15.7. The Labute approximate surface area is 285 Å². The molecular formula is C34H40F3N5O6S. The maximum absolute atomic E-state index is 13.7. The van der Waals surface area contributed by atoms with Gasteiger partial charge < -0.3 is 21.5 Å². The molecule has 0 saturated heterocycles. The summed E-state index contributed by atoms with van der Waals surface area (Å²) >= 11 is 1.28. The topological polar surface area (TPSA) is 181 Å². The van der Waals surface area contributed by atoms with Crippen LogP contribution in [0.5, 0.6) is 0 Å². The van der Waals surface area contributed by atoms with Gasteiger partial charge in [0, 0.05) is 54.4 Å². The maximum atomic E-state index is 13.7. The number of alkyl halides is 3. The number of rotatable bonds is 18. The molecule has 49 heavy (non-hydrogen) atoms. The standard InChI is InChI=1S/C34H40F3N5O6S/c1-19(2)23(17-28(44)26-18-49-33(42-26)22-11-13-39-14-12-22)32(48)41-25(16-21-7-5-4-6-8-21)27(43)15-20(3)31(47)40-24(9-10-29(38)45)30(46)34(35,36)37/h4-8,11-14,18-20,23-25,30,46H,9-10,15-17H2,1-3H3,(H2,38,45)(H,40,47)(H,41,48)/t20-,23+,24?,25+,30?/m1/s1. The summed E-state index contributed by atoms with van der Waals surface area (Å²) in [5.41, 5.74) is 6.74. The molecule has 1 aromatic carbocycles. The summed E-state index contributed by atoms with van der Waals surface area (Å²) in [5.74, 6) is -5.67. The fourth-order valence-electron chi connectivity index (χ4n) is 5.03. The van der Waals surface area contributed by atoms with Crippen LogP contribution in [0.25, 0.3) is 10.6 Å². The summed E-state index contributed by atoms with van der Waals surface area (Å²) in [5, 5.41) is 16.9. The molecule has 0 radical (unpaired) electrons. The van der Waals surface area contributed by atoms with Crippen LogP contribution in [0.15, 0.2) is 60.2 Å². The molecule has 0 aliphatic rings. The van der Waals surface area contributed by atoms with Gasteiger partial charge in [0.15, 0.2) is 17.7 Å². The number of nitrogens with two attached hydrogens (primary N) is 1. The van der Waals surface area contributed by atoms with Crippen LogP contribution in [0.2, 0.25) is 0 Å². The quantitative estimate of drug-likeness (QED) is 0.143. The number of thiazole rings is 1. The Balaban J connectivity index is 1.74. The zero-order chi connectivity index (χ0) is 36.3. The Kier molecular flexibility index (Phi) is 14.1. The lowest BCUT2D eigenvalue weighted by Gasteiger charge is -2.27. The predicted octanol–water partition coefficient (Wildman–Crippen LogP) is 4.05. The minimum absolute atomic E-state index is 0.0495. The summed E-state index contributed by atoms with van der Waals surface area (Å²) in [6.07, 6.45) is -6.52. The number of hydrogen-bond donors (Lipinski definition) is 4. The highest BCUT2D eigenvalue weighted by atomic mass is 32.1. The van der Waals surface area contributed by atoms with Crippen molar-refractivity contribution in [2.45, 2.75) is 77.2 Å². The Morgan fingerprint density at radius 2 is 1.59 bits per heavy atom. The van der Waals surface area contributed by atoms with Crippen molar-refractivity contribution in [2.75, 3.05) is 0 Å². The summed E-state index contributed by atoms with van der Waals surface area (Å²) in [6, 6.07) is 9.28. The molecule has 0 fully saturated rings. The number of ketones is 2. The van der Waals surface area contributed by atoms with Gasteiger partial charge in [-0.1, -0.05) is 51.1 Å². The van der Waals surface area contributed by atoms with Gasteiger partial charge in [-0.05, 0) is 36.5 Å². The monoisotopic (exact) mass is 703 g/mol. The molecule has 5 atom stereocenters. The van der Waals surface area contributed by atoms with E-state index in [-0.39, 0.29) is 30.2 Å². The van der Waals surface area contributed by atoms with Crippen LogP contribution in [0.1, 0.15) is 62.5 Å². The number of carbonyl (C=O) groups excluding carboxylic acids is 5. The summed E-state index contributed by atoms with van der Waals surface area (Å²) in [4.78, 5) is 73.0. The first kappa shape index (κ1) is 38.9. The van der Waals surface area contributed by atoms with E-state index in [1.165, 1.54) is 18.3 Å². The number of hydrogen-bond acceptors (Lipinski definition) is 9. The maximum Gasteiger partial charge on any atom is 0.416 e. The molecular weight excluding hydrogens is 663 g/mol. The van der Waals surface area contributed by atoms with Gasteiger partial charge in [-0.15, -0.1) is 11.3 Å². The molecule has 3 rings (SSSR count). The Morgan fingerprint density at radius 3 is 2.18 bits per heavy atom. The van der Waals surface area contributed by atoms with Crippen LogP contribution in [0.4, 0.5) is 13.2 Å². The molecule has 264 valence electrons. The average Bonchev–Trinajstić information content (AvgIpc) is 3.55. The van der Waals surface area contributed by atoms with Gasteiger partial charge in [0.25, 0.3) is 0 Å². The lowest BCUT2D eigenvalue weighted by Crippen LogP contribution is -2.52. The average molecular weight is 704 g/mol. The highest BCUT2D eigenvalue weighted by Gasteiger charge is 2.44. The molecule has 11 nitrogen and oxygen atoms in total. The van der Waals surface area contributed by atoms with Crippen molar-refractivity contribution in [3.05, 3.63) is 71.5 Å². The molecule has 0 aliphatic carbocycles. The van der Waals surface area contributed by atoms with Gasteiger partial charge in [-0.2, -0.15) is 13.2 Å². The lowest BCUT2D eigenvalue weighted by atomic mass is 9.88. The van der Waals surface area contributed by atoms with E-state index in [2.05, 4.69) is 20.6 Å². The van der Waals surface area contributed by atoms with Crippen LogP contribution in [-0.2, 0) is 25.6 Å². The number of primary amides is 1. The largest absolute Gasteiger partial charge is 0.416 e. The highest BCUT2D eigenvalue weighted by Crippen LogP contribution is 2.27. The summed E-state index contributed by atoms with van der Waals surface area (Å²) in [6.45, 7) is 4.86. The van der Waals surface area contributed by atoms with Crippen LogP contribution in [-0.4, -0.2) is 68.7 Å². The van der Waals surface area contributed by atoms with Crippen LogP contribution >= 0.6 is 11.3 Å². The van der Waals surface area contributed by atoms with Gasteiger partial charge in [-0.25, -0.2) is 4.98 Å². The third-order valence-corrected chi connectivity index (χ3v) is 8.84. The van der Waals surface area contributed by atoms with E-state index >= 15 is 0 Å². The van der Waals surface area contributed by atoms with Crippen molar-refractivity contribution < 1.29 is 42.3 Å². The number of amides is 3. The smallest absolute Gasteiger partial charge is 0.382 e. The first-order chi connectivity index (χ1) is 23.1. The highest BCUT2D eigenvalue weighted by molar-refractivity contribution is 7.13. The molecule has 2 aromatic heterocycles. The minimum Gasteiger partial charge on any atom is -0.382 e. The van der Waals surface area contributed by atoms with Crippen molar-refractivity contribution in [2.24, 2.45) is 23.5 Å². The number of carbonyl (C=O) groups is 5. The second kappa shape index (κ2) is 17.8. The molecule has 0 aliphatic heterocycles. The molecule has 2 unspecified atom stereocenters. The van der Waals surface area contributed by atoms with E-state index in [4.69, 9.17) is 5.73 Å². The van der Waals surface area contributed by atoms with E-state index in [9.17, 15) is 42.3 Å².